The van der Waals surface area contributed by atoms with Crippen molar-refractivity contribution in [3.63, 3.8) is 0 Å². The topological polar surface area (TPSA) is 29.3 Å². The first kappa shape index (κ1) is 15.5. The summed E-state index contributed by atoms with van der Waals surface area (Å²) in [6, 6.07) is 7.57. The Balaban J connectivity index is 2.94. The van der Waals surface area contributed by atoms with Crippen molar-refractivity contribution < 1.29 is 0 Å². The van der Waals surface area contributed by atoms with Gasteiger partial charge in [-0.15, -0.1) is 0 Å². The summed E-state index contributed by atoms with van der Waals surface area (Å²) < 4.78 is 0. The van der Waals surface area contributed by atoms with Gasteiger partial charge in [0.15, 0.2) is 0 Å². The Labute approximate surface area is 116 Å². The van der Waals surface area contributed by atoms with E-state index >= 15 is 0 Å². The summed E-state index contributed by atoms with van der Waals surface area (Å²) in [5.41, 5.74) is 9.96. The second-order valence-corrected chi connectivity index (χ2v) is 6.05. The molecule has 18 heavy (non-hydrogen) atoms. The first-order chi connectivity index (χ1) is 8.49. The second kappa shape index (κ2) is 7.17. The minimum absolute atomic E-state index is 0.311. The van der Waals surface area contributed by atoms with Crippen molar-refractivity contribution in [3.8, 4) is 0 Å². The van der Waals surface area contributed by atoms with Crippen LogP contribution in [-0.4, -0.2) is 36.5 Å². The molecule has 0 spiro atoms. The second-order valence-electron chi connectivity index (χ2n) is 5.14. The highest BCUT2D eigenvalue weighted by Crippen LogP contribution is 2.23. The predicted molar refractivity (Wildman–Crippen MR) is 83.3 cm³/mol. The third kappa shape index (κ3) is 4.01. The van der Waals surface area contributed by atoms with Gasteiger partial charge in [-0.25, -0.2) is 0 Å². The minimum Gasteiger partial charge on any atom is -0.329 e. The van der Waals surface area contributed by atoms with E-state index in [9.17, 15) is 0 Å². The first-order valence-electron chi connectivity index (χ1n) is 6.48. The molecule has 0 amide bonds. The Bertz CT molecular complexity index is 359. The summed E-state index contributed by atoms with van der Waals surface area (Å²) in [6.07, 6.45) is 2.15. The van der Waals surface area contributed by atoms with Gasteiger partial charge < -0.3 is 5.73 Å². The molecule has 2 N–H and O–H groups in total. The molecule has 1 rings (SSSR count). The van der Waals surface area contributed by atoms with Crippen LogP contribution in [0.3, 0.4) is 0 Å². The van der Waals surface area contributed by atoms with Gasteiger partial charge in [-0.1, -0.05) is 29.3 Å². The molecular weight excluding hydrogens is 240 g/mol. The molecule has 1 aromatic carbocycles. The molecule has 0 aliphatic heterocycles. The molecule has 2 nitrogen and oxygen atoms in total. The summed E-state index contributed by atoms with van der Waals surface area (Å²) in [4.78, 5) is 2.39. The molecule has 0 heterocycles. The summed E-state index contributed by atoms with van der Waals surface area (Å²) in [5.74, 6) is 1.14. The largest absolute Gasteiger partial charge is 0.329 e. The highest BCUT2D eigenvalue weighted by molar-refractivity contribution is 7.98. The Hall–Kier alpha value is -0.510. The SMILES string of the molecule is CSCC(C)N(C)C(CN)c1cc(C)cc(C)c1. The Kier molecular flexibility index (Phi) is 6.19. The van der Waals surface area contributed by atoms with Crippen LogP contribution in [0.5, 0.6) is 0 Å². The van der Waals surface area contributed by atoms with Crippen molar-refractivity contribution in [1.82, 2.24) is 4.90 Å². The van der Waals surface area contributed by atoms with Crippen molar-refractivity contribution in [1.29, 1.82) is 0 Å². The highest BCUT2D eigenvalue weighted by Gasteiger charge is 2.20. The molecular formula is C15H26N2S. The van der Waals surface area contributed by atoms with Gasteiger partial charge in [0.1, 0.15) is 0 Å². The summed E-state index contributed by atoms with van der Waals surface area (Å²) in [6.45, 7) is 7.23. The van der Waals surface area contributed by atoms with Gasteiger partial charge in [0.2, 0.25) is 0 Å². The number of nitrogens with zero attached hydrogens (tertiary/aromatic N) is 1. The maximum Gasteiger partial charge on any atom is 0.0470 e. The van der Waals surface area contributed by atoms with E-state index in [0.717, 1.165) is 5.75 Å². The number of benzene rings is 1. The fraction of sp³-hybridized carbons (Fsp3) is 0.600. The van der Waals surface area contributed by atoms with E-state index in [2.05, 4.69) is 57.2 Å². The highest BCUT2D eigenvalue weighted by atomic mass is 32.2. The van der Waals surface area contributed by atoms with Gasteiger partial charge in [0.05, 0.1) is 0 Å². The van der Waals surface area contributed by atoms with E-state index in [1.807, 2.05) is 11.8 Å². The lowest BCUT2D eigenvalue weighted by Gasteiger charge is -2.33. The van der Waals surface area contributed by atoms with Crippen LogP contribution >= 0.6 is 11.8 Å². The van der Waals surface area contributed by atoms with Crippen LogP contribution in [0, 0.1) is 13.8 Å². The van der Waals surface area contributed by atoms with Gasteiger partial charge in [-0.3, -0.25) is 4.90 Å². The van der Waals surface area contributed by atoms with Crippen molar-refractivity contribution in [2.24, 2.45) is 5.73 Å². The number of thioether (sulfide) groups is 1. The Morgan fingerprint density at radius 2 is 1.78 bits per heavy atom. The molecule has 102 valence electrons. The number of hydrogen-bond acceptors (Lipinski definition) is 3. The lowest BCUT2D eigenvalue weighted by Crippen LogP contribution is -2.38. The van der Waals surface area contributed by atoms with Crippen LogP contribution in [0.25, 0.3) is 0 Å². The number of aryl methyl sites for hydroxylation is 2. The molecule has 0 aliphatic rings. The van der Waals surface area contributed by atoms with Crippen LogP contribution in [0.2, 0.25) is 0 Å². The number of hydrogen-bond donors (Lipinski definition) is 1. The fourth-order valence-electron chi connectivity index (χ4n) is 2.41. The van der Waals surface area contributed by atoms with Crippen LogP contribution in [-0.2, 0) is 0 Å². The van der Waals surface area contributed by atoms with E-state index in [1.165, 1.54) is 16.7 Å². The van der Waals surface area contributed by atoms with Crippen LogP contribution < -0.4 is 5.73 Å². The average molecular weight is 266 g/mol. The minimum atomic E-state index is 0.311. The molecule has 2 atom stereocenters. The first-order valence-corrected chi connectivity index (χ1v) is 7.88. The molecule has 0 saturated carbocycles. The van der Waals surface area contributed by atoms with Gasteiger partial charge in [0, 0.05) is 24.4 Å². The summed E-state index contributed by atoms with van der Waals surface area (Å²) in [5, 5.41) is 0. The van der Waals surface area contributed by atoms with Crippen molar-refractivity contribution in [3.05, 3.63) is 34.9 Å². The molecule has 1 aromatic rings. The van der Waals surface area contributed by atoms with E-state index in [0.29, 0.717) is 18.6 Å². The zero-order chi connectivity index (χ0) is 13.7. The number of likely N-dealkylation sites (N-methyl/N-ethyl adjacent to an activating group) is 1. The monoisotopic (exact) mass is 266 g/mol. The third-order valence-corrected chi connectivity index (χ3v) is 4.26. The Morgan fingerprint density at radius 3 is 2.22 bits per heavy atom. The normalized spacial score (nSPS) is 14.8. The van der Waals surface area contributed by atoms with E-state index in [-0.39, 0.29) is 0 Å². The maximum atomic E-state index is 5.99. The molecule has 0 aliphatic carbocycles. The van der Waals surface area contributed by atoms with Gasteiger partial charge in [-0.2, -0.15) is 11.8 Å². The van der Waals surface area contributed by atoms with Crippen LogP contribution in [0.4, 0.5) is 0 Å². The maximum absolute atomic E-state index is 5.99. The quantitative estimate of drug-likeness (QED) is 0.858. The van der Waals surface area contributed by atoms with E-state index in [1.54, 1.807) is 0 Å². The van der Waals surface area contributed by atoms with Gasteiger partial charge in [-0.05, 0) is 39.6 Å². The number of rotatable bonds is 6. The average Bonchev–Trinajstić information content (AvgIpc) is 2.28. The van der Waals surface area contributed by atoms with Crippen LogP contribution in [0.1, 0.15) is 29.7 Å². The molecule has 0 bridgehead atoms. The smallest absolute Gasteiger partial charge is 0.0470 e. The fourth-order valence-corrected chi connectivity index (χ4v) is 3.12. The third-order valence-electron chi connectivity index (χ3n) is 3.45. The van der Waals surface area contributed by atoms with E-state index < -0.39 is 0 Å². The van der Waals surface area contributed by atoms with Crippen LogP contribution in [0.15, 0.2) is 18.2 Å². The zero-order valence-electron chi connectivity index (χ0n) is 12.2. The molecule has 2 unspecified atom stereocenters. The predicted octanol–water partition coefficient (Wildman–Crippen LogP) is 2.99. The molecule has 0 fully saturated rings. The summed E-state index contributed by atoms with van der Waals surface area (Å²) in [7, 11) is 2.18. The van der Waals surface area contributed by atoms with Crippen molar-refractivity contribution in [2.45, 2.75) is 32.9 Å². The lowest BCUT2D eigenvalue weighted by atomic mass is 9.99. The van der Waals surface area contributed by atoms with E-state index in [4.69, 9.17) is 5.73 Å². The van der Waals surface area contributed by atoms with Crippen molar-refractivity contribution in [2.75, 3.05) is 25.6 Å². The van der Waals surface area contributed by atoms with Gasteiger partial charge in [0.25, 0.3) is 0 Å². The van der Waals surface area contributed by atoms with Crippen molar-refractivity contribution >= 4 is 11.8 Å². The Morgan fingerprint density at radius 1 is 1.22 bits per heavy atom. The zero-order valence-corrected chi connectivity index (χ0v) is 13.1. The lowest BCUT2D eigenvalue weighted by molar-refractivity contribution is 0.204. The number of nitrogens with two attached hydrogens (primary N) is 1. The van der Waals surface area contributed by atoms with Gasteiger partial charge >= 0.3 is 0 Å². The molecule has 3 heteroatoms. The molecule has 0 radical (unpaired) electrons. The summed E-state index contributed by atoms with van der Waals surface area (Å²) >= 11 is 1.88. The molecule has 0 aromatic heterocycles. The molecule has 0 saturated heterocycles. The standard InChI is InChI=1S/C15H26N2S/c1-11-6-12(2)8-14(7-11)15(9-16)17(4)13(3)10-18-5/h6-8,13,15H,9-10,16H2,1-5H3.